The van der Waals surface area contributed by atoms with Gasteiger partial charge in [-0.05, 0) is 30.4 Å². The summed E-state index contributed by atoms with van der Waals surface area (Å²) in [7, 11) is -3.27. The number of nitrogens with one attached hydrogen (secondary N) is 1. The van der Waals surface area contributed by atoms with Gasteiger partial charge >= 0.3 is 5.97 Å². The molecule has 23 heavy (non-hydrogen) atoms. The second-order valence-corrected chi connectivity index (χ2v) is 8.94. The normalized spacial score (nSPS) is 13.6. The Balaban J connectivity index is 2.74. The van der Waals surface area contributed by atoms with E-state index >= 15 is 0 Å². The molecule has 0 fully saturated rings. The van der Waals surface area contributed by atoms with Crippen molar-refractivity contribution >= 4 is 21.7 Å². The second-order valence-electron chi connectivity index (χ2n) is 6.80. The fourth-order valence-corrected chi connectivity index (χ4v) is 2.57. The predicted octanol–water partition coefficient (Wildman–Crippen LogP) is 1.83. The van der Waals surface area contributed by atoms with Crippen LogP contribution in [0, 0.1) is 5.41 Å². The van der Waals surface area contributed by atoms with Crippen LogP contribution in [0.4, 0.5) is 0 Å². The van der Waals surface area contributed by atoms with Gasteiger partial charge in [0.05, 0.1) is 0 Å². The molecule has 0 saturated heterocycles. The van der Waals surface area contributed by atoms with Gasteiger partial charge in [-0.15, -0.1) is 0 Å². The fraction of sp³-hybridized carbons (Fsp3) is 0.600. The predicted molar refractivity (Wildman–Crippen MR) is 84.8 cm³/mol. The first-order valence-electron chi connectivity index (χ1n) is 7.17. The number of amides is 1. The van der Waals surface area contributed by atoms with E-state index in [2.05, 4.69) is 5.32 Å². The van der Waals surface area contributed by atoms with Crippen molar-refractivity contribution in [1.82, 2.24) is 5.32 Å². The Labute approximate surface area is 136 Å². The Kier molecular flexibility index (Phi) is 5.98. The maximum Gasteiger partial charge on any atom is 0.326 e. The molecule has 2 N–H and O–H groups in total. The first kappa shape index (κ1) is 19.2. The van der Waals surface area contributed by atoms with Crippen LogP contribution in [0.3, 0.4) is 0 Å². The zero-order chi connectivity index (χ0) is 17.8. The molecular formula is C15H23NO6S. The Hall–Kier alpha value is -1.83. The Morgan fingerprint density at radius 3 is 2.39 bits per heavy atom. The van der Waals surface area contributed by atoms with Crippen molar-refractivity contribution in [3.8, 4) is 0 Å². The van der Waals surface area contributed by atoms with E-state index in [1.165, 1.54) is 12.1 Å². The highest BCUT2D eigenvalue weighted by molar-refractivity contribution is 7.89. The molecule has 0 bridgehead atoms. The highest BCUT2D eigenvalue weighted by atomic mass is 32.2. The molecule has 0 spiro atoms. The largest absolute Gasteiger partial charge is 0.480 e. The zero-order valence-electron chi connectivity index (χ0n) is 13.8. The van der Waals surface area contributed by atoms with Crippen LogP contribution in [0.15, 0.2) is 16.5 Å². The molecule has 0 aromatic carbocycles. The number of rotatable bonds is 7. The number of hydrogen-bond acceptors (Lipinski definition) is 5. The monoisotopic (exact) mass is 345 g/mol. The molecule has 1 aromatic rings. The molecule has 7 nitrogen and oxygen atoms in total. The third-order valence-corrected chi connectivity index (χ3v) is 3.89. The van der Waals surface area contributed by atoms with E-state index in [1.807, 2.05) is 20.8 Å². The van der Waals surface area contributed by atoms with Gasteiger partial charge in [-0.3, -0.25) is 4.79 Å². The van der Waals surface area contributed by atoms with Crippen LogP contribution < -0.4 is 5.32 Å². The maximum absolute atomic E-state index is 12.0. The van der Waals surface area contributed by atoms with E-state index in [0.29, 0.717) is 12.8 Å². The summed E-state index contributed by atoms with van der Waals surface area (Å²) < 4.78 is 27.5. The minimum Gasteiger partial charge on any atom is -0.480 e. The molecule has 0 radical (unpaired) electrons. The molecule has 8 heteroatoms. The van der Waals surface area contributed by atoms with Gasteiger partial charge < -0.3 is 14.8 Å². The van der Waals surface area contributed by atoms with E-state index in [0.717, 1.165) is 6.26 Å². The molecule has 0 aliphatic heterocycles. The van der Waals surface area contributed by atoms with Crippen LogP contribution in [-0.2, 0) is 20.4 Å². The summed E-state index contributed by atoms with van der Waals surface area (Å²) >= 11 is 0. The third-order valence-electron chi connectivity index (χ3n) is 3.08. The van der Waals surface area contributed by atoms with Gasteiger partial charge in [0.15, 0.2) is 15.6 Å². The van der Waals surface area contributed by atoms with Crippen molar-refractivity contribution in [2.24, 2.45) is 5.41 Å². The van der Waals surface area contributed by atoms with Gasteiger partial charge in [0.1, 0.15) is 17.6 Å². The first-order chi connectivity index (χ1) is 10.4. The Morgan fingerprint density at radius 2 is 1.91 bits per heavy atom. The number of carboxylic acid groups (broad SMARTS) is 1. The summed E-state index contributed by atoms with van der Waals surface area (Å²) in [6.45, 7) is 5.95. The van der Waals surface area contributed by atoms with Gasteiger partial charge in [0, 0.05) is 6.26 Å². The van der Waals surface area contributed by atoms with Gasteiger partial charge in [0.2, 0.25) is 0 Å². The fourth-order valence-electron chi connectivity index (χ4n) is 1.90. The number of sulfone groups is 1. The maximum atomic E-state index is 12.0. The standard InChI is InChI=1S/C15H23NO6S/c1-15(2,3)8-7-11(14(18)19)16-13(17)12-6-5-10(22-12)9-23(4,20)21/h5-6,11H,7-9H2,1-4H3,(H,16,17)(H,18,19). The van der Waals surface area contributed by atoms with Crippen molar-refractivity contribution in [2.75, 3.05) is 6.26 Å². The smallest absolute Gasteiger partial charge is 0.326 e. The van der Waals surface area contributed by atoms with E-state index in [9.17, 15) is 23.1 Å². The minimum absolute atomic E-state index is 0.0498. The molecule has 1 aromatic heterocycles. The van der Waals surface area contributed by atoms with E-state index in [4.69, 9.17) is 4.42 Å². The number of furan rings is 1. The topological polar surface area (TPSA) is 114 Å². The number of aliphatic carboxylic acids is 1. The van der Waals surface area contributed by atoms with Crippen LogP contribution in [0.5, 0.6) is 0 Å². The number of carboxylic acids is 1. The average Bonchev–Trinajstić information content (AvgIpc) is 2.78. The summed E-state index contributed by atoms with van der Waals surface area (Å²) in [5.41, 5.74) is -0.0498. The van der Waals surface area contributed by atoms with E-state index < -0.39 is 27.8 Å². The summed E-state index contributed by atoms with van der Waals surface area (Å²) in [5, 5.41) is 11.6. The Bertz CT molecular complexity index is 668. The van der Waals surface area contributed by atoms with Crippen LogP contribution in [0.2, 0.25) is 0 Å². The van der Waals surface area contributed by atoms with Crippen molar-refractivity contribution in [3.05, 3.63) is 23.7 Å². The molecule has 0 aliphatic carbocycles. The molecule has 130 valence electrons. The third kappa shape index (κ3) is 7.32. The summed E-state index contributed by atoms with van der Waals surface area (Å²) in [6, 6.07) is 1.70. The summed E-state index contributed by atoms with van der Waals surface area (Å²) in [4.78, 5) is 23.3. The van der Waals surface area contributed by atoms with Crippen molar-refractivity contribution < 1.29 is 27.5 Å². The van der Waals surface area contributed by atoms with Crippen LogP contribution in [-0.4, -0.2) is 37.7 Å². The SMILES string of the molecule is CC(C)(C)CCC(NC(=O)c1ccc(CS(C)(=O)=O)o1)C(=O)O. The molecule has 0 saturated carbocycles. The van der Waals surface area contributed by atoms with Crippen molar-refractivity contribution in [2.45, 2.75) is 45.4 Å². The van der Waals surface area contributed by atoms with Crippen molar-refractivity contribution in [1.29, 1.82) is 0 Å². The van der Waals surface area contributed by atoms with Crippen molar-refractivity contribution in [3.63, 3.8) is 0 Å². The molecule has 1 atom stereocenters. The van der Waals surface area contributed by atoms with E-state index in [1.54, 1.807) is 0 Å². The lowest BCUT2D eigenvalue weighted by molar-refractivity contribution is -0.139. The quantitative estimate of drug-likeness (QED) is 0.779. The highest BCUT2D eigenvalue weighted by Crippen LogP contribution is 2.22. The lowest BCUT2D eigenvalue weighted by atomic mass is 9.88. The van der Waals surface area contributed by atoms with Crippen LogP contribution in [0.1, 0.15) is 49.9 Å². The summed E-state index contributed by atoms with van der Waals surface area (Å²) in [5.74, 6) is -2.08. The lowest BCUT2D eigenvalue weighted by Crippen LogP contribution is -2.41. The lowest BCUT2D eigenvalue weighted by Gasteiger charge is -2.21. The zero-order valence-corrected chi connectivity index (χ0v) is 14.6. The highest BCUT2D eigenvalue weighted by Gasteiger charge is 2.24. The summed E-state index contributed by atoms with van der Waals surface area (Å²) in [6.07, 6.45) is 1.98. The number of hydrogen-bond donors (Lipinski definition) is 2. The average molecular weight is 345 g/mol. The number of carbonyl (C=O) groups excluding carboxylic acids is 1. The molecule has 0 aliphatic rings. The van der Waals surface area contributed by atoms with E-state index in [-0.39, 0.29) is 22.7 Å². The Morgan fingerprint density at radius 1 is 1.30 bits per heavy atom. The molecule has 1 rings (SSSR count). The molecule has 1 amide bonds. The first-order valence-corrected chi connectivity index (χ1v) is 9.23. The van der Waals surface area contributed by atoms with Gasteiger partial charge in [-0.2, -0.15) is 0 Å². The van der Waals surface area contributed by atoms with Gasteiger partial charge in [-0.1, -0.05) is 20.8 Å². The van der Waals surface area contributed by atoms with Crippen LogP contribution >= 0.6 is 0 Å². The minimum atomic E-state index is -3.27. The molecular weight excluding hydrogens is 322 g/mol. The van der Waals surface area contributed by atoms with Gasteiger partial charge in [-0.25, -0.2) is 13.2 Å². The molecule has 1 unspecified atom stereocenters. The van der Waals surface area contributed by atoms with Gasteiger partial charge in [0.25, 0.3) is 5.91 Å². The van der Waals surface area contributed by atoms with Crippen LogP contribution in [0.25, 0.3) is 0 Å². The second kappa shape index (κ2) is 7.16. The molecule has 1 heterocycles. The number of carbonyl (C=O) groups is 2.